The van der Waals surface area contributed by atoms with E-state index >= 15 is 0 Å². The third-order valence-electron chi connectivity index (χ3n) is 4.64. The van der Waals surface area contributed by atoms with Crippen LogP contribution in [0.1, 0.15) is 24.8 Å². The van der Waals surface area contributed by atoms with Crippen molar-refractivity contribution in [3.63, 3.8) is 0 Å². The van der Waals surface area contributed by atoms with Crippen molar-refractivity contribution >= 4 is 29.3 Å². The van der Waals surface area contributed by atoms with Gasteiger partial charge in [0.2, 0.25) is 11.8 Å². The maximum atomic E-state index is 12.9. The first-order valence-corrected chi connectivity index (χ1v) is 8.49. The standard InChI is InChI=1S/C16H20N2O2S/c1-17-13-7-4-3-6-12(13)10-18(11-14(17)19)15(20)16(21-2)8-5-9-16/h3-4,6-7H,5,8-11H2,1-2H3. The Morgan fingerprint density at radius 3 is 2.57 bits per heavy atom. The molecule has 1 heterocycles. The van der Waals surface area contributed by atoms with Crippen LogP contribution in [0.15, 0.2) is 24.3 Å². The van der Waals surface area contributed by atoms with E-state index in [0.29, 0.717) is 6.54 Å². The van der Waals surface area contributed by atoms with Crippen molar-refractivity contribution in [1.29, 1.82) is 0 Å². The Kier molecular flexibility index (Phi) is 3.69. The van der Waals surface area contributed by atoms with Crippen LogP contribution in [-0.2, 0) is 16.1 Å². The summed E-state index contributed by atoms with van der Waals surface area (Å²) in [6.45, 7) is 0.694. The first-order chi connectivity index (χ1) is 10.1. The first kappa shape index (κ1) is 14.4. The van der Waals surface area contributed by atoms with Gasteiger partial charge in [0.15, 0.2) is 0 Å². The molecule has 0 unspecified atom stereocenters. The highest BCUT2D eigenvalue weighted by molar-refractivity contribution is 8.00. The highest BCUT2D eigenvalue weighted by Crippen LogP contribution is 2.44. The Morgan fingerprint density at radius 2 is 1.95 bits per heavy atom. The Labute approximate surface area is 129 Å². The fourth-order valence-electron chi connectivity index (χ4n) is 3.07. The molecule has 2 aliphatic rings. The van der Waals surface area contributed by atoms with Crippen LogP contribution in [0.4, 0.5) is 5.69 Å². The molecule has 1 fully saturated rings. The molecule has 2 amide bonds. The second-order valence-electron chi connectivity index (χ2n) is 5.79. The molecule has 21 heavy (non-hydrogen) atoms. The lowest BCUT2D eigenvalue weighted by Crippen LogP contribution is -2.52. The van der Waals surface area contributed by atoms with E-state index in [1.54, 1.807) is 28.6 Å². The zero-order valence-corrected chi connectivity index (χ0v) is 13.3. The van der Waals surface area contributed by atoms with Gasteiger partial charge >= 0.3 is 0 Å². The van der Waals surface area contributed by atoms with Crippen molar-refractivity contribution in [2.45, 2.75) is 30.6 Å². The molecule has 1 aliphatic carbocycles. The predicted molar refractivity (Wildman–Crippen MR) is 85.4 cm³/mol. The zero-order valence-electron chi connectivity index (χ0n) is 12.5. The second kappa shape index (κ2) is 5.37. The minimum Gasteiger partial charge on any atom is -0.328 e. The third kappa shape index (κ3) is 2.33. The van der Waals surface area contributed by atoms with Crippen LogP contribution in [0.25, 0.3) is 0 Å². The average molecular weight is 304 g/mol. The predicted octanol–water partition coefficient (Wildman–Crippen LogP) is 2.28. The molecule has 0 N–H and O–H groups in total. The third-order valence-corrected chi connectivity index (χ3v) is 6.01. The number of amides is 2. The molecule has 0 spiro atoms. The van der Waals surface area contributed by atoms with Gasteiger partial charge in [0.25, 0.3) is 0 Å². The van der Waals surface area contributed by atoms with Gasteiger partial charge in [-0.1, -0.05) is 18.2 Å². The monoisotopic (exact) mass is 304 g/mol. The summed E-state index contributed by atoms with van der Waals surface area (Å²) in [5.74, 6) is 0.101. The molecule has 1 saturated carbocycles. The lowest BCUT2D eigenvalue weighted by Gasteiger charge is -2.41. The van der Waals surface area contributed by atoms with Crippen LogP contribution in [-0.4, -0.2) is 41.3 Å². The van der Waals surface area contributed by atoms with Gasteiger partial charge in [0, 0.05) is 19.3 Å². The van der Waals surface area contributed by atoms with Gasteiger partial charge in [-0.25, -0.2) is 0 Å². The molecule has 112 valence electrons. The largest absolute Gasteiger partial charge is 0.328 e. The number of likely N-dealkylation sites (N-methyl/N-ethyl adjacent to an activating group) is 1. The molecule has 0 saturated heterocycles. The summed E-state index contributed by atoms with van der Waals surface area (Å²) >= 11 is 1.63. The molecule has 0 bridgehead atoms. The number of carbonyl (C=O) groups excluding carboxylic acids is 2. The molecular weight excluding hydrogens is 284 g/mol. The SMILES string of the molecule is CSC1(C(=O)N2CC(=O)N(C)c3ccccc3C2)CCC1. The van der Waals surface area contributed by atoms with Crippen molar-refractivity contribution in [2.24, 2.45) is 0 Å². The van der Waals surface area contributed by atoms with Crippen LogP contribution in [0.2, 0.25) is 0 Å². The molecule has 0 aromatic heterocycles. The fourth-order valence-corrected chi connectivity index (χ4v) is 4.07. The van der Waals surface area contributed by atoms with Crippen molar-refractivity contribution < 1.29 is 9.59 Å². The molecular formula is C16H20N2O2S. The maximum absolute atomic E-state index is 12.9. The summed E-state index contributed by atoms with van der Waals surface area (Å²) in [4.78, 5) is 28.6. The van der Waals surface area contributed by atoms with Gasteiger partial charge in [0.1, 0.15) is 6.54 Å². The number of nitrogens with zero attached hydrogens (tertiary/aromatic N) is 2. The number of rotatable bonds is 2. The summed E-state index contributed by atoms with van der Waals surface area (Å²) in [5, 5.41) is 0. The molecule has 1 aromatic carbocycles. The fraction of sp³-hybridized carbons (Fsp3) is 0.500. The van der Waals surface area contributed by atoms with Gasteiger partial charge in [-0.3, -0.25) is 9.59 Å². The second-order valence-corrected chi connectivity index (χ2v) is 6.98. The van der Waals surface area contributed by atoms with Crippen LogP contribution >= 0.6 is 11.8 Å². The molecule has 1 aromatic rings. The lowest BCUT2D eigenvalue weighted by atomic mass is 9.83. The van der Waals surface area contributed by atoms with E-state index in [2.05, 4.69) is 0 Å². The van der Waals surface area contributed by atoms with E-state index in [-0.39, 0.29) is 23.1 Å². The minimum atomic E-state index is -0.294. The van der Waals surface area contributed by atoms with Gasteiger partial charge in [-0.2, -0.15) is 0 Å². The van der Waals surface area contributed by atoms with E-state index in [4.69, 9.17) is 0 Å². The zero-order chi connectivity index (χ0) is 15.0. The summed E-state index contributed by atoms with van der Waals surface area (Å²) in [7, 11) is 1.78. The van der Waals surface area contributed by atoms with Gasteiger partial charge < -0.3 is 9.80 Å². The quantitative estimate of drug-likeness (QED) is 0.841. The van der Waals surface area contributed by atoms with Crippen molar-refractivity contribution in [3.05, 3.63) is 29.8 Å². The summed E-state index contributed by atoms with van der Waals surface area (Å²) in [5.41, 5.74) is 1.94. The summed E-state index contributed by atoms with van der Waals surface area (Å²) in [6.07, 6.45) is 4.95. The Bertz CT molecular complexity index is 578. The molecule has 3 rings (SSSR count). The maximum Gasteiger partial charge on any atom is 0.246 e. The van der Waals surface area contributed by atoms with E-state index in [1.165, 1.54) is 0 Å². The molecule has 0 atom stereocenters. The molecule has 1 aliphatic heterocycles. The highest BCUT2D eigenvalue weighted by atomic mass is 32.2. The van der Waals surface area contributed by atoms with Crippen LogP contribution in [0.3, 0.4) is 0 Å². The number of anilines is 1. The summed E-state index contributed by atoms with van der Waals surface area (Å²) in [6, 6.07) is 7.82. The summed E-state index contributed by atoms with van der Waals surface area (Å²) < 4.78 is -0.294. The van der Waals surface area contributed by atoms with Crippen molar-refractivity contribution in [1.82, 2.24) is 4.90 Å². The topological polar surface area (TPSA) is 40.6 Å². The van der Waals surface area contributed by atoms with Crippen LogP contribution in [0.5, 0.6) is 0 Å². The smallest absolute Gasteiger partial charge is 0.246 e. The Morgan fingerprint density at radius 1 is 1.24 bits per heavy atom. The number of fused-ring (bicyclic) bond motifs is 1. The van der Waals surface area contributed by atoms with E-state index in [0.717, 1.165) is 30.5 Å². The van der Waals surface area contributed by atoms with Gasteiger partial charge in [0.05, 0.1) is 4.75 Å². The molecule has 4 nitrogen and oxygen atoms in total. The number of hydrogen-bond donors (Lipinski definition) is 0. The first-order valence-electron chi connectivity index (χ1n) is 7.26. The van der Waals surface area contributed by atoms with Crippen molar-refractivity contribution in [3.8, 4) is 0 Å². The Hall–Kier alpha value is -1.49. The lowest BCUT2D eigenvalue weighted by molar-refractivity contribution is -0.139. The average Bonchev–Trinajstić information content (AvgIpc) is 2.57. The number of benzene rings is 1. The highest BCUT2D eigenvalue weighted by Gasteiger charge is 2.46. The molecule has 0 radical (unpaired) electrons. The van der Waals surface area contributed by atoms with E-state index < -0.39 is 0 Å². The Balaban J connectivity index is 1.92. The van der Waals surface area contributed by atoms with Gasteiger partial charge in [-0.15, -0.1) is 11.8 Å². The number of hydrogen-bond acceptors (Lipinski definition) is 3. The van der Waals surface area contributed by atoms with Crippen LogP contribution < -0.4 is 4.90 Å². The van der Waals surface area contributed by atoms with E-state index in [1.807, 2.05) is 30.5 Å². The normalized spacial score (nSPS) is 20.6. The number of thioether (sulfide) groups is 1. The minimum absolute atomic E-state index is 0.0242. The van der Waals surface area contributed by atoms with Crippen molar-refractivity contribution in [2.75, 3.05) is 24.7 Å². The van der Waals surface area contributed by atoms with E-state index in [9.17, 15) is 9.59 Å². The van der Waals surface area contributed by atoms with Crippen LogP contribution in [0, 0.1) is 0 Å². The van der Waals surface area contributed by atoms with Gasteiger partial charge in [-0.05, 0) is 37.1 Å². The number of para-hydroxylation sites is 1. The molecule has 5 heteroatoms. The number of carbonyl (C=O) groups is 2.